The number of phenols is 1. The maximum atomic E-state index is 14.0. The van der Waals surface area contributed by atoms with Gasteiger partial charge in [-0.15, -0.1) is 0 Å². The van der Waals surface area contributed by atoms with E-state index in [1.165, 1.54) is 11.0 Å². The first-order valence-corrected chi connectivity index (χ1v) is 14.5. The van der Waals surface area contributed by atoms with Crippen LogP contribution in [0.1, 0.15) is 40.7 Å². The molecule has 1 amide bonds. The Morgan fingerprint density at radius 1 is 1.00 bits per heavy atom. The monoisotopic (exact) mass is 603 g/mol. The average molecular weight is 604 g/mol. The van der Waals surface area contributed by atoms with Crippen molar-refractivity contribution in [3.63, 3.8) is 0 Å². The number of aliphatic hydroxyl groups is 3. The van der Waals surface area contributed by atoms with Crippen molar-refractivity contribution in [2.75, 3.05) is 34.7 Å². The molecule has 0 aliphatic heterocycles. The summed E-state index contributed by atoms with van der Waals surface area (Å²) in [6.45, 7) is 0.802. The van der Waals surface area contributed by atoms with Crippen LogP contribution in [0.2, 0.25) is 0 Å². The third-order valence-electron chi connectivity index (χ3n) is 9.13. The summed E-state index contributed by atoms with van der Waals surface area (Å²) < 4.78 is 0. The predicted octanol–water partition coefficient (Wildman–Crippen LogP) is 2.16. The van der Waals surface area contributed by atoms with E-state index in [0.717, 1.165) is 18.5 Å². The van der Waals surface area contributed by atoms with Crippen molar-refractivity contribution in [1.82, 2.24) is 9.80 Å². The van der Waals surface area contributed by atoms with E-state index in [1.807, 2.05) is 19.0 Å². The lowest BCUT2D eigenvalue weighted by Crippen LogP contribution is -2.65. The molecule has 0 unspecified atom stereocenters. The zero-order chi connectivity index (χ0) is 32.2. The first kappa shape index (κ1) is 31.1. The van der Waals surface area contributed by atoms with Crippen molar-refractivity contribution in [2.24, 2.45) is 17.6 Å². The fraction of sp³-hybridized carbons (Fsp3) is 0.394. The van der Waals surface area contributed by atoms with E-state index in [0.29, 0.717) is 23.1 Å². The molecule has 4 atom stereocenters. The molecule has 3 aliphatic carbocycles. The van der Waals surface area contributed by atoms with Gasteiger partial charge < -0.3 is 31.1 Å². The Kier molecular flexibility index (Phi) is 8.00. The second kappa shape index (κ2) is 11.3. The van der Waals surface area contributed by atoms with Crippen molar-refractivity contribution < 1.29 is 39.6 Å². The summed E-state index contributed by atoms with van der Waals surface area (Å²) >= 11 is 0. The van der Waals surface area contributed by atoms with E-state index in [1.54, 1.807) is 44.4 Å². The standard InChI is InChI=1S/C33H37N3O8/c1-35(2)13-5-6-22(37)17-9-7-16(8-10-17)19-11-12-23(38)25-20(19)14-18-15-21-27(36(3)4)29(40)26(32(34)43)31(42)33(21,44)30(41)24(18)28(25)39/h7-12,18,21,27,38-39,42,44H,5-6,13-15H2,1-4H3,(H2,34,43)/t18-,21+,27-,33+/m1/s1. The third-order valence-corrected chi connectivity index (χ3v) is 9.13. The Bertz CT molecular complexity index is 1640. The van der Waals surface area contributed by atoms with E-state index in [-0.39, 0.29) is 35.5 Å². The molecule has 1 saturated carbocycles. The number of benzene rings is 2. The second-order valence-corrected chi connectivity index (χ2v) is 12.4. The smallest absolute Gasteiger partial charge is 0.255 e. The molecule has 0 saturated heterocycles. The van der Waals surface area contributed by atoms with E-state index in [2.05, 4.69) is 0 Å². The highest BCUT2D eigenvalue weighted by atomic mass is 16.3. The molecule has 1 fully saturated rings. The minimum atomic E-state index is -2.69. The van der Waals surface area contributed by atoms with Crippen molar-refractivity contribution in [3.05, 3.63) is 70.0 Å². The number of carbonyl (C=O) groups excluding carboxylic acids is 4. The van der Waals surface area contributed by atoms with Gasteiger partial charge in [-0.2, -0.15) is 0 Å². The van der Waals surface area contributed by atoms with Crippen LogP contribution in [0.25, 0.3) is 16.9 Å². The molecule has 11 nitrogen and oxygen atoms in total. The molecule has 0 spiro atoms. The van der Waals surface area contributed by atoms with Crippen LogP contribution in [-0.2, 0) is 20.8 Å². The number of nitrogens with zero attached hydrogens (tertiary/aromatic N) is 2. The van der Waals surface area contributed by atoms with E-state index in [4.69, 9.17) is 5.73 Å². The van der Waals surface area contributed by atoms with Crippen LogP contribution >= 0.6 is 0 Å². The summed E-state index contributed by atoms with van der Waals surface area (Å²) in [7, 11) is 7.01. The first-order chi connectivity index (χ1) is 20.7. The highest BCUT2D eigenvalue weighted by Gasteiger charge is 2.64. The number of rotatable bonds is 8. The number of hydrogen-bond acceptors (Lipinski definition) is 10. The Morgan fingerprint density at radius 3 is 2.25 bits per heavy atom. The molecule has 3 aliphatic rings. The molecule has 6 N–H and O–H groups in total. The van der Waals surface area contributed by atoms with Gasteiger partial charge in [-0.25, -0.2) is 0 Å². The molecule has 2 aromatic carbocycles. The maximum Gasteiger partial charge on any atom is 0.255 e. The topological polar surface area (TPSA) is 182 Å². The van der Waals surface area contributed by atoms with Gasteiger partial charge in [0.25, 0.3) is 5.91 Å². The normalized spacial score (nSPS) is 24.8. The minimum Gasteiger partial charge on any atom is -0.508 e. The zero-order valence-corrected chi connectivity index (χ0v) is 25.1. The first-order valence-electron chi connectivity index (χ1n) is 14.5. The van der Waals surface area contributed by atoms with Crippen LogP contribution in [-0.4, -0.2) is 99.9 Å². The van der Waals surface area contributed by atoms with Crippen LogP contribution < -0.4 is 5.73 Å². The summed E-state index contributed by atoms with van der Waals surface area (Å²) in [6.07, 6.45) is 1.32. The summed E-state index contributed by atoms with van der Waals surface area (Å²) in [5.74, 6) is -6.91. The average Bonchev–Trinajstić information content (AvgIpc) is 2.94. The van der Waals surface area contributed by atoms with Gasteiger partial charge in [0, 0.05) is 23.5 Å². The molecule has 11 heteroatoms. The predicted molar refractivity (Wildman–Crippen MR) is 162 cm³/mol. The van der Waals surface area contributed by atoms with Gasteiger partial charge in [-0.05, 0) is 82.7 Å². The summed E-state index contributed by atoms with van der Waals surface area (Å²) in [4.78, 5) is 55.6. The summed E-state index contributed by atoms with van der Waals surface area (Å²) in [5, 5.41) is 45.1. The quantitative estimate of drug-likeness (QED) is 0.222. The SMILES string of the molecule is CN(C)CCCC(=O)c1ccc(-c2ccc(O)c3c2C[C@@H]2C[C@H]4[C@@H](N(C)C)C(=O)C(C(N)=O)=C(O)[C@@]4(O)C(=O)C2=C3O)cc1. The molecule has 0 heterocycles. The van der Waals surface area contributed by atoms with E-state index < -0.39 is 58.0 Å². The molecule has 0 aromatic heterocycles. The van der Waals surface area contributed by atoms with Crippen LogP contribution in [0.15, 0.2) is 53.3 Å². The summed E-state index contributed by atoms with van der Waals surface area (Å²) in [5.41, 5.74) is 4.18. The number of phenolic OH excluding ortho intramolecular Hbond substituents is 1. The number of ketones is 3. The van der Waals surface area contributed by atoms with Gasteiger partial charge >= 0.3 is 0 Å². The fourth-order valence-electron chi connectivity index (χ4n) is 7.05. The molecule has 0 radical (unpaired) electrons. The van der Waals surface area contributed by atoms with Gasteiger partial charge in [0.15, 0.2) is 17.2 Å². The molecule has 5 rings (SSSR count). The van der Waals surface area contributed by atoms with Crippen LogP contribution in [0.5, 0.6) is 5.75 Å². The van der Waals surface area contributed by atoms with Gasteiger partial charge in [-0.3, -0.25) is 24.1 Å². The number of aliphatic hydroxyl groups excluding tert-OH is 2. The Morgan fingerprint density at radius 2 is 1.66 bits per heavy atom. The number of fused-ring (bicyclic) bond motifs is 3. The van der Waals surface area contributed by atoms with Crippen LogP contribution in [0.4, 0.5) is 0 Å². The van der Waals surface area contributed by atoms with Crippen molar-refractivity contribution in [1.29, 1.82) is 0 Å². The number of aromatic hydroxyl groups is 1. The minimum absolute atomic E-state index is 0.00124. The number of likely N-dealkylation sites (N-methyl/N-ethyl adjacent to an activating group) is 1. The van der Waals surface area contributed by atoms with Gasteiger partial charge in [0.05, 0.1) is 11.6 Å². The zero-order valence-electron chi connectivity index (χ0n) is 25.1. The number of nitrogens with two attached hydrogens (primary N) is 1. The largest absolute Gasteiger partial charge is 0.508 e. The highest BCUT2D eigenvalue weighted by Crippen LogP contribution is 2.53. The number of hydrogen-bond donors (Lipinski definition) is 5. The van der Waals surface area contributed by atoms with Crippen LogP contribution in [0.3, 0.4) is 0 Å². The lowest BCUT2D eigenvalue weighted by Gasteiger charge is -2.50. The Balaban J connectivity index is 1.58. The maximum absolute atomic E-state index is 14.0. The Labute approximate surface area is 254 Å². The number of Topliss-reactive ketones (excluding diaryl/α,β-unsaturated/α-hetero) is 3. The Hall–Kier alpha value is -4.32. The van der Waals surface area contributed by atoms with E-state index >= 15 is 0 Å². The van der Waals surface area contributed by atoms with Crippen molar-refractivity contribution in [3.8, 4) is 16.9 Å². The number of primary amides is 1. The van der Waals surface area contributed by atoms with Gasteiger partial charge in [-0.1, -0.05) is 30.3 Å². The molecular formula is C33H37N3O8. The summed E-state index contributed by atoms with van der Waals surface area (Å²) in [6, 6.07) is 9.00. The lowest BCUT2D eigenvalue weighted by molar-refractivity contribution is -0.153. The molecule has 0 bridgehead atoms. The fourth-order valence-corrected chi connectivity index (χ4v) is 7.05. The number of carbonyl (C=O) groups is 4. The lowest BCUT2D eigenvalue weighted by atomic mass is 9.57. The second-order valence-electron chi connectivity index (χ2n) is 12.4. The van der Waals surface area contributed by atoms with Crippen LogP contribution in [0, 0.1) is 11.8 Å². The highest BCUT2D eigenvalue weighted by molar-refractivity contribution is 6.24. The van der Waals surface area contributed by atoms with Gasteiger partial charge in [0.2, 0.25) is 5.78 Å². The van der Waals surface area contributed by atoms with Gasteiger partial charge in [0.1, 0.15) is 22.8 Å². The number of amides is 1. The third kappa shape index (κ3) is 4.81. The molecular weight excluding hydrogens is 566 g/mol. The molecule has 232 valence electrons. The van der Waals surface area contributed by atoms with Crippen molar-refractivity contribution in [2.45, 2.75) is 37.3 Å². The van der Waals surface area contributed by atoms with E-state index in [9.17, 15) is 39.6 Å². The van der Waals surface area contributed by atoms with Crippen molar-refractivity contribution >= 4 is 29.0 Å². The molecule has 44 heavy (non-hydrogen) atoms. The molecule has 2 aromatic rings.